The zero-order chi connectivity index (χ0) is 34.9. The van der Waals surface area contributed by atoms with E-state index in [1.54, 1.807) is 21.9 Å². The van der Waals surface area contributed by atoms with Gasteiger partial charge in [-0.15, -0.1) is 0 Å². The molecule has 0 saturated carbocycles. The van der Waals surface area contributed by atoms with Crippen LogP contribution in [0.5, 0.6) is 0 Å². The monoisotopic (exact) mass is 682 g/mol. The lowest BCUT2D eigenvalue weighted by molar-refractivity contribution is -0.142. The van der Waals surface area contributed by atoms with Crippen LogP contribution in [0.2, 0.25) is 0 Å². The lowest BCUT2D eigenvalue weighted by Gasteiger charge is -2.33. The first-order valence-corrected chi connectivity index (χ1v) is 17.1. The van der Waals surface area contributed by atoms with Crippen molar-refractivity contribution in [2.45, 2.75) is 51.1 Å². The second-order valence-corrected chi connectivity index (χ2v) is 13.6. The summed E-state index contributed by atoms with van der Waals surface area (Å²) in [4.78, 5) is 47.6. The lowest BCUT2D eigenvalue weighted by atomic mass is 9.88. The Labute approximate surface area is 289 Å². The van der Waals surface area contributed by atoms with Gasteiger partial charge in [0.25, 0.3) is 0 Å². The molecule has 10 nitrogen and oxygen atoms in total. The van der Waals surface area contributed by atoms with E-state index in [-0.39, 0.29) is 48.9 Å². The molecule has 12 heteroatoms. The number of aliphatic carboxylic acids is 1. The highest BCUT2D eigenvalue weighted by Gasteiger charge is 2.42. The lowest BCUT2D eigenvalue weighted by Crippen LogP contribution is -2.41. The summed E-state index contributed by atoms with van der Waals surface area (Å²) in [5.41, 5.74) is 5.28. The number of carbonyl (C=O) groups is 3. The zero-order valence-corrected chi connectivity index (χ0v) is 27.8. The number of carbonyl (C=O) groups excluding carboxylic acids is 2. The van der Waals surface area contributed by atoms with Gasteiger partial charge in [0, 0.05) is 69.6 Å². The molecule has 4 aromatic rings. The topological polar surface area (TPSA) is 120 Å². The van der Waals surface area contributed by atoms with Crippen LogP contribution < -0.4 is 15.5 Å². The van der Waals surface area contributed by atoms with Crippen LogP contribution >= 0.6 is 0 Å². The third-order valence-corrected chi connectivity index (χ3v) is 10.4. The Morgan fingerprint density at radius 2 is 1.76 bits per heavy atom. The van der Waals surface area contributed by atoms with Crippen molar-refractivity contribution in [3.8, 4) is 5.69 Å². The number of amides is 2. The number of carboxylic acids is 1. The van der Waals surface area contributed by atoms with E-state index in [1.165, 1.54) is 23.3 Å². The largest absolute Gasteiger partial charge is 0.481 e. The van der Waals surface area contributed by atoms with Crippen LogP contribution in [0.1, 0.15) is 47.4 Å². The summed E-state index contributed by atoms with van der Waals surface area (Å²) in [7, 11) is 0. The van der Waals surface area contributed by atoms with Gasteiger partial charge in [0.1, 0.15) is 11.6 Å². The molecule has 0 aliphatic carbocycles. The fourth-order valence-electron chi connectivity index (χ4n) is 7.65. The zero-order valence-electron chi connectivity index (χ0n) is 27.8. The molecule has 260 valence electrons. The van der Waals surface area contributed by atoms with Crippen LogP contribution in [0.25, 0.3) is 5.69 Å². The minimum atomic E-state index is -0.823. The molecule has 50 heavy (non-hydrogen) atoms. The van der Waals surface area contributed by atoms with E-state index in [1.807, 2.05) is 37.3 Å². The Kier molecular flexibility index (Phi) is 9.37. The molecule has 7 rings (SSSR count). The van der Waals surface area contributed by atoms with Crippen molar-refractivity contribution in [2.24, 2.45) is 11.8 Å². The van der Waals surface area contributed by atoms with Gasteiger partial charge in [-0.2, -0.15) is 0 Å². The van der Waals surface area contributed by atoms with Gasteiger partial charge < -0.3 is 20.2 Å². The summed E-state index contributed by atoms with van der Waals surface area (Å²) >= 11 is 0. The number of halogens is 2. The molecule has 1 unspecified atom stereocenters. The number of carboxylic acid groups (broad SMARTS) is 1. The predicted octanol–water partition coefficient (Wildman–Crippen LogP) is 5.05. The van der Waals surface area contributed by atoms with Crippen molar-refractivity contribution in [3.05, 3.63) is 107 Å². The van der Waals surface area contributed by atoms with Gasteiger partial charge >= 0.3 is 5.97 Å². The van der Waals surface area contributed by atoms with Gasteiger partial charge in [0.2, 0.25) is 17.8 Å². The minimum absolute atomic E-state index is 0.0719. The molecular formula is C38H40F2N6O4. The normalized spacial score (nSPS) is 20.8. The molecular weight excluding hydrogens is 642 g/mol. The molecule has 0 bridgehead atoms. The number of anilines is 2. The maximum Gasteiger partial charge on any atom is 0.306 e. The van der Waals surface area contributed by atoms with Gasteiger partial charge in [0.15, 0.2) is 0 Å². The third kappa shape index (κ3) is 6.84. The Bertz CT molecular complexity index is 1920. The van der Waals surface area contributed by atoms with Gasteiger partial charge in [-0.05, 0) is 66.6 Å². The number of piperidine rings is 1. The second kappa shape index (κ2) is 14.0. The van der Waals surface area contributed by atoms with Crippen LogP contribution in [0.3, 0.4) is 0 Å². The summed E-state index contributed by atoms with van der Waals surface area (Å²) in [6.45, 7) is 3.99. The van der Waals surface area contributed by atoms with E-state index in [4.69, 9.17) is 0 Å². The smallest absolute Gasteiger partial charge is 0.306 e. The molecule has 2 amide bonds. The Hall–Kier alpha value is -5.10. The SMILES string of the molecule is Cc1ccc(-n2ccnc2NC(=O)[C@@H]2CN(C(=O)CC3Cc4ccccc4CN3)C[C@H]2c2ccc(F)cc2F)c(N2CCC(C(=O)O)CC2)c1. The number of benzene rings is 3. The molecule has 1 aromatic heterocycles. The van der Waals surface area contributed by atoms with E-state index in [0.717, 1.165) is 23.0 Å². The standard InChI is InChI=1S/C38H40F2N6O4/c1-23-6-9-33(34(16-23)44-13-10-24(11-14-44)37(49)50)46-15-12-41-38(46)43-36(48)31-22-45(21-30(31)29-8-7-27(39)18-32(29)40)35(47)19-28-17-25-4-2-3-5-26(25)20-42-28/h2-9,12,15-16,18,24,28,30-31,42H,10-11,13-14,17,19-22H2,1H3,(H,49,50)(H,41,43,48)/t28?,30-,31+/m0/s1. The number of aryl methyl sites for hydroxylation is 1. The molecule has 3 aliphatic heterocycles. The number of rotatable bonds is 8. The van der Waals surface area contributed by atoms with Gasteiger partial charge in [-0.3, -0.25) is 24.3 Å². The Balaban J connectivity index is 1.12. The summed E-state index contributed by atoms with van der Waals surface area (Å²) in [6.07, 6.45) is 5.30. The number of hydrogen-bond donors (Lipinski definition) is 3. The van der Waals surface area contributed by atoms with Crippen molar-refractivity contribution in [2.75, 3.05) is 36.4 Å². The maximum absolute atomic E-state index is 15.2. The van der Waals surface area contributed by atoms with E-state index in [0.29, 0.717) is 38.9 Å². The van der Waals surface area contributed by atoms with Gasteiger partial charge in [-0.1, -0.05) is 36.4 Å². The van der Waals surface area contributed by atoms with Crippen LogP contribution in [0.4, 0.5) is 20.4 Å². The van der Waals surface area contributed by atoms with Crippen LogP contribution in [0.15, 0.2) is 73.1 Å². The first-order chi connectivity index (χ1) is 24.1. The van der Waals surface area contributed by atoms with Crippen LogP contribution in [-0.2, 0) is 27.3 Å². The summed E-state index contributed by atoms with van der Waals surface area (Å²) in [5.74, 6) is -4.47. The van der Waals surface area contributed by atoms with Crippen molar-refractivity contribution < 1.29 is 28.3 Å². The summed E-state index contributed by atoms with van der Waals surface area (Å²) < 4.78 is 30.9. The molecule has 3 aromatic carbocycles. The van der Waals surface area contributed by atoms with Crippen molar-refractivity contribution in [3.63, 3.8) is 0 Å². The van der Waals surface area contributed by atoms with Gasteiger partial charge in [0.05, 0.1) is 23.2 Å². The van der Waals surface area contributed by atoms with Crippen molar-refractivity contribution in [1.82, 2.24) is 19.8 Å². The maximum atomic E-state index is 15.2. The molecule has 4 heterocycles. The highest BCUT2D eigenvalue weighted by molar-refractivity contribution is 5.93. The number of nitrogens with one attached hydrogen (secondary N) is 2. The highest BCUT2D eigenvalue weighted by Crippen LogP contribution is 2.37. The number of likely N-dealkylation sites (tertiary alicyclic amines) is 1. The molecule has 0 spiro atoms. The fraction of sp³-hybridized carbons (Fsp3) is 0.368. The van der Waals surface area contributed by atoms with Crippen LogP contribution in [-0.4, -0.2) is 69.6 Å². The molecule has 3 aliphatic rings. The molecule has 0 radical (unpaired) electrons. The van der Waals surface area contributed by atoms with E-state index >= 15 is 4.39 Å². The molecule has 3 atom stereocenters. The number of nitrogens with zero attached hydrogens (tertiary/aromatic N) is 4. The first kappa shape index (κ1) is 33.4. The van der Waals surface area contributed by atoms with E-state index in [2.05, 4.69) is 32.7 Å². The van der Waals surface area contributed by atoms with Crippen LogP contribution in [0, 0.1) is 30.4 Å². The third-order valence-electron chi connectivity index (χ3n) is 10.4. The second-order valence-electron chi connectivity index (χ2n) is 13.6. The van der Waals surface area contributed by atoms with E-state index < -0.39 is 35.3 Å². The molecule has 2 saturated heterocycles. The number of imidazole rings is 1. The molecule has 2 fully saturated rings. The van der Waals surface area contributed by atoms with Crippen molar-refractivity contribution >= 4 is 29.4 Å². The summed E-state index contributed by atoms with van der Waals surface area (Å²) in [5, 5.41) is 15.9. The average Bonchev–Trinajstić information content (AvgIpc) is 3.76. The fourth-order valence-corrected chi connectivity index (χ4v) is 7.65. The summed E-state index contributed by atoms with van der Waals surface area (Å²) in [6, 6.07) is 17.3. The Morgan fingerprint density at radius 1 is 0.980 bits per heavy atom. The number of fused-ring (bicyclic) bond motifs is 1. The molecule has 3 N–H and O–H groups in total. The van der Waals surface area contributed by atoms with Crippen molar-refractivity contribution in [1.29, 1.82) is 0 Å². The Morgan fingerprint density at radius 3 is 2.52 bits per heavy atom. The predicted molar refractivity (Wildman–Crippen MR) is 184 cm³/mol. The first-order valence-electron chi connectivity index (χ1n) is 17.1. The quantitative estimate of drug-likeness (QED) is 0.238. The number of aromatic nitrogens is 2. The average molecular weight is 683 g/mol. The van der Waals surface area contributed by atoms with Gasteiger partial charge in [-0.25, -0.2) is 13.8 Å². The minimum Gasteiger partial charge on any atom is -0.481 e. The highest BCUT2D eigenvalue weighted by atomic mass is 19.1. The number of hydrogen-bond acceptors (Lipinski definition) is 6. The van der Waals surface area contributed by atoms with E-state index in [9.17, 15) is 23.9 Å².